The normalized spacial score (nSPS) is 19.7. The van der Waals surface area contributed by atoms with Crippen LogP contribution >= 0.6 is 13.5 Å². The van der Waals surface area contributed by atoms with Gasteiger partial charge in [0.05, 0.1) is 18.9 Å². The lowest BCUT2D eigenvalue weighted by atomic mass is 10.1. The van der Waals surface area contributed by atoms with E-state index in [2.05, 4.69) is 36.9 Å². The molecule has 11 nitrogen and oxygen atoms in total. The summed E-state index contributed by atoms with van der Waals surface area (Å²) in [5.41, 5.74) is 2.13. The summed E-state index contributed by atoms with van der Waals surface area (Å²) < 4.78 is 11.5. The summed E-state index contributed by atoms with van der Waals surface area (Å²) in [7, 11) is 0. The number of anilines is 4. The number of morpholine rings is 1. The minimum absolute atomic E-state index is 0. The van der Waals surface area contributed by atoms with Gasteiger partial charge in [0.15, 0.2) is 11.4 Å². The Morgan fingerprint density at radius 2 is 1.76 bits per heavy atom. The van der Waals surface area contributed by atoms with E-state index >= 15 is 0 Å². The van der Waals surface area contributed by atoms with Crippen LogP contribution in [0.2, 0.25) is 0 Å². The first-order valence-electron chi connectivity index (χ1n) is 13.1. The van der Waals surface area contributed by atoms with Crippen molar-refractivity contribution in [2.45, 2.75) is 32.6 Å². The van der Waals surface area contributed by atoms with Crippen molar-refractivity contribution in [1.82, 2.24) is 21.1 Å². The number of hydrogen-bond donors (Lipinski definition) is 2. The smallest absolute Gasteiger partial charge is 0.300 e. The van der Waals surface area contributed by atoms with E-state index in [0.29, 0.717) is 47.8 Å². The number of carbonyl (C=O) groups excluding carboxylic acids is 1. The maximum absolute atomic E-state index is 13.4. The number of carbonyl (C=O) groups is 1. The molecule has 0 aliphatic carbocycles. The first kappa shape index (κ1) is 27.9. The standard InChI is InChI=1S/C26H33N7O3.H3N.H2S/c1-18-8-11-33(17-18)22-7-5-6-19(27-22)25(34)28-20-16-21-23(29-24(20)31-9-3-2-4-10-31)30-26(36-21)32-12-14-35-15-13-32;;/h5-7,16,18H,2-4,8-15,17H2,1H3,(H,28,34);1H3;1H2/t18-;;/m0../s1. The Balaban J connectivity index is 0.00000168. The highest BCUT2D eigenvalue weighted by molar-refractivity contribution is 7.59. The van der Waals surface area contributed by atoms with Gasteiger partial charge in [0.1, 0.15) is 11.5 Å². The van der Waals surface area contributed by atoms with Crippen LogP contribution in [0.5, 0.6) is 0 Å². The molecule has 3 aliphatic heterocycles. The van der Waals surface area contributed by atoms with Crippen LogP contribution in [0.25, 0.3) is 11.2 Å². The molecule has 3 fully saturated rings. The molecule has 12 heteroatoms. The molecule has 4 N–H and O–H groups in total. The lowest BCUT2D eigenvalue weighted by molar-refractivity contribution is 0.102. The molecule has 206 valence electrons. The molecular weight excluding hydrogens is 504 g/mol. The highest BCUT2D eigenvalue weighted by Crippen LogP contribution is 2.33. The SMILES string of the molecule is C[C@H]1CCN(c2cccc(C(=O)Nc3cc4oc(N5CCOCC5)nc4nc3N3CCCCC3)n2)C1.N.S. The third kappa shape index (κ3) is 5.82. The fourth-order valence-electron chi connectivity index (χ4n) is 5.23. The average Bonchev–Trinajstić information content (AvgIpc) is 3.55. The van der Waals surface area contributed by atoms with E-state index < -0.39 is 0 Å². The molecule has 1 atom stereocenters. The Morgan fingerprint density at radius 1 is 0.974 bits per heavy atom. The van der Waals surface area contributed by atoms with Gasteiger partial charge in [0.2, 0.25) is 5.65 Å². The van der Waals surface area contributed by atoms with Gasteiger partial charge in [-0.3, -0.25) is 4.79 Å². The van der Waals surface area contributed by atoms with Crippen molar-refractivity contribution in [3.8, 4) is 0 Å². The van der Waals surface area contributed by atoms with E-state index in [4.69, 9.17) is 14.1 Å². The van der Waals surface area contributed by atoms with Crippen LogP contribution in [0.4, 0.5) is 23.3 Å². The predicted octanol–water partition coefficient (Wildman–Crippen LogP) is 3.82. The van der Waals surface area contributed by atoms with Crippen LogP contribution < -0.4 is 26.2 Å². The minimum Gasteiger partial charge on any atom is -0.422 e. The molecule has 0 aromatic carbocycles. The van der Waals surface area contributed by atoms with Crippen LogP contribution in [0.15, 0.2) is 28.7 Å². The maximum atomic E-state index is 13.4. The second-order valence-corrected chi connectivity index (χ2v) is 10.00. The number of hydrogen-bond acceptors (Lipinski definition) is 10. The summed E-state index contributed by atoms with van der Waals surface area (Å²) in [5.74, 6) is 1.97. The van der Waals surface area contributed by atoms with Gasteiger partial charge in [-0.1, -0.05) is 13.0 Å². The first-order chi connectivity index (χ1) is 17.6. The van der Waals surface area contributed by atoms with Crippen molar-refractivity contribution in [2.75, 3.05) is 72.5 Å². The molecule has 3 aliphatic rings. The lowest BCUT2D eigenvalue weighted by Gasteiger charge is -2.29. The fraction of sp³-hybridized carbons (Fsp3) is 0.538. The van der Waals surface area contributed by atoms with Crippen molar-refractivity contribution in [3.05, 3.63) is 30.0 Å². The number of pyridine rings is 2. The zero-order valence-corrected chi connectivity index (χ0v) is 23.0. The summed E-state index contributed by atoms with van der Waals surface area (Å²) in [4.78, 5) is 34.1. The summed E-state index contributed by atoms with van der Waals surface area (Å²) in [6.45, 7) is 8.73. The fourth-order valence-corrected chi connectivity index (χ4v) is 5.23. The molecule has 38 heavy (non-hydrogen) atoms. The second kappa shape index (κ2) is 12.2. The lowest BCUT2D eigenvalue weighted by Crippen LogP contribution is -2.36. The first-order valence-corrected chi connectivity index (χ1v) is 13.1. The van der Waals surface area contributed by atoms with Crippen LogP contribution in [0.3, 0.4) is 0 Å². The number of rotatable bonds is 5. The summed E-state index contributed by atoms with van der Waals surface area (Å²) in [6.07, 6.45) is 4.55. The van der Waals surface area contributed by atoms with Crippen molar-refractivity contribution in [1.29, 1.82) is 0 Å². The summed E-state index contributed by atoms with van der Waals surface area (Å²) in [5, 5.41) is 3.09. The summed E-state index contributed by atoms with van der Waals surface area (Å²) >= 11 is 0. The van der Waals surface area contributed by atoms with Crippen LogP contribution in [-0.4, -0.2) is 73.3 Å². The molecular formula is C26H38N8O3S. The van der Waals surface area contributed by atoms with E-state index in [9.17, 15) is 4.79 Å². The van der Waals surface area contributed by atoms with E-state index in [1.54, 1.807) is 6.07 Å². The molecule has 6 rings (SSSR count). The molecule has 1 amide bonds. The topological polar surface area (TPSA) is 135 Å². The molecule has 3 aromatic heterocycles. The number of piperidine rings is 1. The number of ether oxygens (including phenoxy) is 1. The Hall–Kier alpha value is -3.09. The summed E-state index contributed by atoms with van der Waals surface area (Å²) in [6, 6.07) is 8.04. The minimum atomic E-state index is -0.253. The van der Waals surface area contributed by atoms with Crippen LogP contribution in [-0.2, 0) is 4.74 Å². The number of amides is 1. The third-order valence-electron chi connectivity index (χ3n) is 7.25. The Morgan fingerprint density at radius 3 is 2.50 bits per heavy atom. The van der Waals surface area contributed by atoms with Crippen LogP contribution in [0, 0.1) is 5.92 Å². The molecule has 3 aromatic rings. The quantitative estimate of drug-likeness (QED) is 0.490. The zero-order valence-electron chi connectivity index (χ0n) is 22.0. The van der Waals surface area contributed by atoms with Crippen molar-refractivity contribution >= 4 is 54.0 Å². The average molecular weight is 543 g/mol. The van der Waals surface area contributed by atoms with Gasteiger partial charge < -0.3 is 35.3 Å². The highest BCUT2D eigenvalue weighted by Gasteiger charge is 2.25. The van der Waals surface area contributed by atoms with Crippen molar-refractivity contribution < 1.29 is 13.9 Å². The molecule has 0 saturated carbocycles. The monoisotopic (exact) mass is 542 g/mol. The van der Waals surface area contributed by atoms with Crippen molar-refractivity contribution in [3.63, 3.8) is 0 Å². The van der Waals surface area contributed by atoms with Gasteiger partial charge >= 0.3 is 0 Å². The van der Waals surface area contributed by atoms with Crippen LogP contribution in [0.1, 0.15) is 43.1 Å². The maximum Gasteiger partial charge on any atom is 0.300 e. The van der Waals surface area contributed by atoms with E-state index in [1.807, 2.05) is 18.2 Å². The zero-order chi connectivity index (χ0) is 24.5. The molecule has 0 unspecified atom stereocenters. The van der Waals surface area contributed by atoms with E-state index in [0.717, 1.165) is 70.2 Å². The second-order valence-electron chi connectivity index (χ2n) is 10.00. The third-order valence-corrected chi connectivity index (χ3v) is 7.25. The van der Waals surface area contributed by atoms with Gasteiger partial charge in [-0.25, -0.2) is 9.97 Å². The van der Waals surface area contributed by atoms with Gasteiger partial charge in [-0.05, 0) is 43.7 Å². The van der Waals surface area contributed by atoms with Gasteiger partial charge in [-0.15, -0.1) is 0 Å². The Kier molecular flexibility index (Phi) is 8.95. The molecule has 3 saturated heterocycles. The van der Waals surface area contributed by atoms with Crippen molar-refractivity contribution in [2.24, 2.45) is 5.92 Å². The molecule has 0 radical (unpaired) electrons. The number of fused-ring (bicyclic) bond motifs is 1. The Labute approximate surface area is 230 Å². The van der Waals surface area contributed by atoms with Gasteiger partial charge in [-0.2, -0.15) is 18.5 Å². The highest BCUT2D eigenvalue weighted by atomic mass is 32.1. The number of nitrogens with one attached hydrogen (secondary N) is 1. The molecule has 0 bridgehead atoms. The predicted molar refractivity (Wildman–Crippen MR) is 154 cm³/mol. The Bertz CT molecular complexity index is 1240. The number of nitrogens with zero attached hydrogens (tertiary/aromatic N) is 6. The van der Waals surface area contributed by atoms with Gasteiger partial charge in [0.25, 0.3) is 11.9 Å². The largest absolute Gasteiger partial charge is 0.422 e. The molecule has 0 spiro atoms. The number of oxazole rings is 1. The molecule has 6 heterocycles. The van der Waals surface area contributed by atoms with E-state index in [-0.39, 0.29) is 25.6 Å². The van der Waals surface area contributed by atoms with E-state index in [1.165, 1.54) is 6.42 Å². The van der Waals surface area contributed by atoms with Gasteiger partial charge in [0, 0.05) is 45.3 Å². The number of aromatic nitrogens is 3.